The molecule has 0 fully saturated rings. The molecule has 2 aliphatic rings. The van der Waals surface area contributed by atoms with Gasteiger partial charge in [-0.1, -0.05) is 18.2 Å². The zero-order chi connectivity index (χ0) is 19.7. The van der Waals surface area contributed by atoms with E-state index in [0.717, 1.165) is 56.3 Å². The summed E-state index contributed by atoms with van der Waals surface area (Å²) >= 11 is 0. The zero-order valence-corrected chi connectivity index (χ0v) is 17.3. The second-order valence-electron chi connectivity index (χ2n) is 7.94. The number of nitrogens with one attached hydrogen (secondary N) is 2. The number of rotatable bonds is 5. The molecule has 0 bridgehead atoms. The molecule has 2 aromatic rings. The van der Waals surface area contributed by atoms with Crippen molar-refractivity contribution in [3.63, 3.8) is 0 Å². The maximum Gasteiger partial charge on any atom is 0.331 e. The molecule has 4 rings (SSSR count). The number of hydrogen-bond acceptors (Lipinski definition) is 3. The normalized spacial score (nSPS) is 16.0. The summed E-state index contributed by atoms with van der Waals surface area (Å²) in [7, 11) is 2.44. The number of carbonyl (C=O) groups excluding carboxylic acids is 1. The first-order valence-electron chi connectivity index (χ1n) is 9.91. The number of amides is 2. The highest BCUT2D eigenvalue weighted by Crippen LogP contribution is 2.38. The molecule has 0 aromatic heterocycles. The molecular formula is C22H27N3O2S. The number of aryl methyl sites for hydroxylation is 2. The fourth-order valence-electron chi connectivity index (χ4n) is 4.33. The van der Waals surface area contributed by atoms with Crippen LogP contribution in [0.15, 0.2) is 35.2 Å². The molecule has 1 atom stereocenters. The van der Waals surface area contributed by atoms with Gasteiger partial charge in [0.05, 0.1) is 4.90 Å². The molecule has 148 valence electrons. The van der Waals surface area contributed by atoms with Crippen molar-refractivity contribution in [3.8, 4) is 0 Å². The van der Waals surface area contributed by atoms with Gasteiger partial charge in [0.15, 0.2) is 11.0 Å². The summed E-state index contributed by atoms with van der Waals surface area (Å²) in [6.07, 6.45) is 6.47. The molecule has 0 aliphatic heterocycles. The second-order valence-corrected chi connectivity index (χ2v) is 9.15. The molecule has 2 aliphatic carbocycles. The van der Waals surface area contributed by atoms with E-state index in [0.29, 0.717) is 4.90 Å². The van der Waals surface area contributed by atoms with Crippen molar-refractivity contribution in [2.45, 2.75) is 50.0 Å². The first-order valence-corrected chi connectivity index (χ1v) is 11.1. The third-order valence-electron chi connectivity index (χ3n) is 5.53. The monoisotopic (exact) mass is 397 g/mol. The average molecular weight is 398 g/mol. The molecule has 0 spiro atoms. The molecule has 2 amide bonds. The number of benzene rings is 2. The zero-order valence-electron chi connectivity index (χ0n) is 16.5. The van der Waals surface area contributed by atoms with Crippen LogP contribution in [0.4, 0.5) is 10.5 Å². The van der Waals surface area contributed by atoms with Gasteiger partial charge in [-0.25, -0.2) is 9.00 Å². The number of nitrogens with zero attached hydrogens (tertiary/aromatic N) is 1. The van der Waals surface area contributed by atoms with Crippen molar-refractivity contribution in [2.75, 3.05) is 19.4 Å². The summed E-state index contributed by atoms with van der Waals surface area (Å²) in [6.45, 7) is 0.824. The lowest BCUT2D eigenvalue weighted by Gasteiger charge is -2.16. The Morgan fingerprint density at radius 3 is 2.18 bits per heavy atom. The molecular weight excluding hydrogens is 370 g/mol. The fraction of sp³-hybridized carbons (Fsp3) is 0.409. The van der Waals surface area contributed by atoms with Gasteiger partial charge in [-0.05, 0) is 92.6 Å². The van der Waals surface area contributed by atoms with Crippen LogP contribution in [0.25, 0.3) is 0 Å². The summed E-state index contributed by atoms with van der Waals surface area (Å²) in [6, 6.07) is 9.46. The molecule has 0 heterocycles. The van der Waals surface area contributed by atoms with Crippen LogP contribution in [-0.2, 0) is 43.2 Å². The Balaban J connectivity index is 1.46. The highest BCUT2D eigenvalue weighted by atomic mass is 32.2. The van der Waals surface area contributed by atoms with Crippen LogP contribution in [-0.4, -0.2) is 29.2 Å². The molecule has 5 nitrogen and oxygen atoms in total. The largest absolute Gasteiger partial charge is 0.331 e. The van der Waals surface area contributed by atoms with Gasteiger partial charge < -0.3 is 10.2 Å². The standard InChI is InChI=1S/C22H27N3O2S/c1-25(2)14-15-9-11-18(12-10-15)28(27)24-22(26)23-21-19-7-3-5-16(19)13-17-6-4-8-20(17)21/h9-13H,3-8,14H2,1-2H3,(H2,23,24,26)/t28-/m1/s1. The van der Waals surface area contributed by atoms with Gasteiger partial charge in [0.1, 0.15) is 0 Å². The molecule has 0 saturated carbocycles. The molecule has 0 unspecified atom stereocenters. The highest BCUT2D eigenvalue weighted by Gasteiger charge is 2.25. The number of hydrogen-bond donors (Lipinski definition) is 2. The minimum atomic E-state index is -1.58. The van der Waals surface area contributed by atoms with E-state index in [4.69, 9.17) is 0 Å². The van der Waals surface area contributed by atoms with E-state index in [1.807, 2.05) is 38.4 Å². The Morgan fingerprint density at radius 2 is 1.61 bits per heavy atom. The van der Waals surface area contributed by atoms with E-state index in [9.17, 15) is 9.00 Å². The summed E-state index contributed by atoms with van der Waals surface area (Å²) in [4.78, 5) is 15.3. The SMILES string of the molecule is CN(C)Cc1ccc([S@@](=O)NC(=O)Nc2c3c(cc4c2CCC4)CCC3)cc1. The third kappa shape index (κ3) is 3.98. The highest BCUT2D eigenvalue weighted by molar-refractivity contribution is 7.83. The van der Waals surface area contributed by atoms with E-state index < -0.39 is 17.0 Å². The minimum Gasteiger partial charge on any atom is -0.307 e. The van der Waals surface area contributed by atoms with Crippen LogP contribution in [0.3, 0.4) is 0 Å². The van der Waals surface area contributed by atoms with Crippen LogP contribution in [0, 0.1) is 0 Å². The number of anilines is 1. The Labute approximate surface area is 169 Å². The molecule has 2 N–H and O–H groups in total. The van der Waals surface area contributed by atoms with Crippen molar-refractivity contribution in [1.82, 2.24) is 9.62 Å². The number of fused-ring (bicyclic) bond motifs is 2. The van der Waals surface area contributed by atoms with Crippen molar-refractivity contribution in [3.05, 3.63) is 58.1 Å². The Kier molecular flexibility index (Phi) is 5.51. The smallest absolute Gasteiger partial charge is 0.307 e. The molecule has 0 radical (unpaired) electrons. The summed E-state index contributed by atoms with van der Waals surface area (Å²) in [5.41, 5.74) is 7.40. The Morgan fingerprint density at radius 1 is 1.00 bits per heavy atom. The fourth-order valence-corrected chi connectivity index (χ4v) is 5.05. The maximum atomic E-state index is 12.6. The van der Waals surface area contributed by atoms with Crippen LogP contribution in [0.2, 0.25) is 0 Å². The predicted molar refractivity (Wildman–Crippen MR) is 113 cm³/mol. The topological polar surface area (TPSA) is 61.4 Å². The quantitative estimate of drug-likeness (QED) is 0.811. The summed E-state index contributed by atoms with van der Waals surface area (Å²) in [5, 5.41) is 3.03. The van der Waals surface area contributed by atoms with Gasteiger partial charge in [-0.2, -0.15) is 0 Å². The second kappa shape index (κ2) is 8.05. The minimum absolute atomic E-state index is 0.398. The van der Waals surface area contributed by atoms with Gasteiger partial charge >= 0.3 is 6.03 Å². The van der Waals surface area contributed by atoms with Crippen LogP contribution in [0.1, 0.15) is 40.7 Å². The Hall–Kier alpha value is -2.18. The molecule has 2 aromatic carbocycles. The summed E-state index contributed by atoms with van der Waals surface area (Å²) in [5.74, 6) is 0. The third-order valence-corrected chi connectivity index (χ3v) is 6.60. The Bertz CT molecular complexity index is 890. The van der Waals surface area contributed by atoms with Gasteiger partial charge in [-0.15, -0.1) is 0 Å². The maximum absolute atomic E-state index is 12.6. The lowest BCUT2D eigenvalue weighted by atomic mass is 9.99. The number of carbonyl (C=O) groups is 1. The lowest BCUT2D eigenvalue weighted by molar-refractivity contribution is 0.257. The van der Waals surface area contributed by atoms with Gasteiger partial charge in [0, 0.05) is 12.2 Å². The van der Waals surface area contributed by atoms with Crippen LogP contribution in [0.5, 0.6) is 0 Å². The summed E-state index contributed by atoms with van der Waals surface area (Å²) < 4.78 is 15.2. The van der Waals surface area contributed by atoms with Crippen molar-refractivity contribution < 1.29 is 9.00 Å². The average Bonchev–Trinajstić information content (AvgIpc) is 3.30. The van der Waals surface area contributed by atoms with Crippen molar-refractivity contribution in [1.29, 1.82) is 0 Å². The molecule has 28 heavy (non-hydrogen) atoms. The number of urea groups is 1. The lowest BCUT2D eigenvalue weighted by Crippen LogP contribution is -2.31. The van der Waals surface area contributed by atoms with E-state index in [-0.39, 0.29) is 0 Å². The predicted octanol–water partition coefficient (Wildman–Crippen LogP) is 3.57. The van der Waals surface area contributed by atoms with Gasteiger partial charge in [0.25, 0.3) is 0 Å². The molecule has 6 heteroatoms. The van der Waals surface area contributed by atoms with E-state index in [1.165, 1.54) is 22.3 Å². The molecule has 0 saturated heterocycles. The van der Waals surface area contributed by atoms with Gasteiger partial charge in [-0.3, -0.25) is 4.72 Å². The van der Waals surface area contributed by atoms with E-state index in [2.05, 4.69) is 21.0 Å². The van der Waals surface area contributed by atoms with E-state index in [1.54, 1.807) is 0 Å². The van der Waals surface area contributed by atoms with Crippen LogP contribution >= 0.6 is 0 Å². The van der Waals surface area contributed by atoms with E-state index >= 15 is 0 Å². The van der Waals surface area contributed by atoms with Crippen molar-refractivity contribution >= 4 is 22.7 Å². The van der Waals surface area contributed by atoms with Crippen LogP contribution < -0.4 is 10.0 Å². The first-order chi connectivity index (χ1) is 13.5. The van der Waals surface area contributed by atoms with Crippen molar-refractivity contribution in [2.24, 2.45) is 0 Å². The van der Waals surface area contributed by atoms with Gasteiger partial charge in [0.2, 0.25) is 0 Å². The first kappa shape index (κ1) is 19.2.